The van der Waals surface area contributed by atoms with Gasteiger partial charge in [-0.1, -0.05) is 48.3 Å². The van der Waals surface area contributed by atoms with E-state index in [1.165, 1.54) is 0 Å². The molecule has 112 valence electrons. The second-order valence-corrected chi connectivity index (χ2v) is 5.70. The van der Waals surface area contributed by atoms with Gasteiger partial charge in [0.15, 0.2) is 0 Å². The third kappa shape index (κ3) is 4.13. The first-order valence-electron chi connectivity index (χ1n) is 6.98. The van der Waals surface area contributed by atoms with Crippen molar-refractivity contribution in [2.75, 3.05) is 13.7 Å². The molecule has 1 N–H and O–H groups in total. The number of nitrogens with one attached hydrogen (secondary N) is 1. The van der Waals surface area contributed by atoms with Crippen molar-refractivity contribution in [3.8, 4) is 5.75 Å². The van der Waals surface area contributed by atoms with Crippen LogP contribution in [0.3, 0.4) is 0 Å². The van der Waals surface area contributed by atoms with Gasteiger partial charge in [-0.15, -0.1) is 0 Å². The van der Waals surface area contributed by atoms with Gasteiger partial charge in [0.1, 0.15) is 5.75 Å². The summed E-state index contributed by atoms with van der Waals surface area (Å²) in [4.78, 5) is 0. The lowest BCUT2D eigenvalue weighted by Gasteiger charge is -2.22. The Balaban J connectivity index is 2.45. The molecular formula is C17H19Cl2NO. The Morgan fingerprint density at radius 3 is 2.52 bits per heavy atom. The molecule has 0 saturated heterocycles. The second-order valence-electron chi connectivity index (χ2n) is 4.83. The van der Waals surface area contributed by atoms with Crippen molar-refractivity contribution in [3.05, 3.63) is 63.6 Å². The SMILES string of the molecule is CCCNC(c1cccc(Cl)c1)c1ccc(Cl)cc1OC. The highest BCUT2D eigenvalue weighted by Crippen LogP contribution is 2.33. The predicted molar refractivity (Wildman–Crippen MR) is 89.6 cm³/mol. The summed E-state index contributed by atoms with van der Waals surface area (Å²) in [5.74, 6) is 0.774. The van der Waals surface area contributed by atoms with Gasteiger partial charge in [0.05, 0.1) is 13.2 Å². The summed E-state index contributed by atoms with van der Waals surface area (Å²) < 4.78 is 5.48. The van der Waals surface area contributed by atoms with Crippen molar-refractivity contribution in [2.24, 2.45) is 0 Å². The minimum Gasteiger partial charge on any atom is -0.496 e. The molecule has 0 aliphatic heterocycles. The van der Waals surface area contributed by atoms with Crippen LogP contribution >= 0.6 is 23.2 Å². The molecule has 2 rings (SSSR count). The van der Waals surface area contributed by atoms with E-state index in [1.54, 1.807) is 7.11 Å². The maximum absolute atomic E-state index is 6.13. The number of rotatable bonds is 6. The molecule has 0 bridgehead atoms. The number of hydrogen-bond acceptors (Lipinski definition) is 2. The van der Waals surface area contributed by atoms with Gasteiger partial charge in [-0.2, -0.15) is 0 Å². The highest BCUT2D eigenvalue weighted by atomic mass is 35.5. The van der Waals surface area contributed by atoms with Crippen LogP contribution in [0.2, 0.25) is 10.0 Å². The van der Waals surface area contributed by atoms with Gasteiger partial charge in [0, 0.05) is 15.6 Å². The molecule has 4 heteroatoms. The minimum atomic E-state index is 0.0240. The van der Waals surface area contributed by atoms with Crippen molar-refractivity contribution in [2.45, 2.75) is 19.4 Å². The summed E-state index contributed by atoms with van der Waals surface area (Å²) in [6.07, 6.45) is 1.05. The maximum Gasteiger partial charge on any atom is 0.125 e. The van der Waals surface area contributed by atoms with E-state index in [0.717, 1.165) is 34.9 Å². The van der Waals surface area contributed by atoms with E-state index < -0.39 is 0 Å². The second kappa shape index (κ2) is 7.69. The van der Waals surface area contributed by atoms with E-state index >= 15 is 0 Å². The van der Waals surface area contributed by atoms with Gasteiger partial charge in [0.25, 0.3) is 0 Å². The molecule has 0 amide bonds. The normalized spacial score (nSPS) is 12.2. The molecule has 1 atom stereocenters. The standard InChI is InChI=1S/C17H19Cl2NO/c1-3-9-20-17(12-5-4-6-13(18)10-12)15-8-7-14(19)11-16(15)21-2/h4-8,10-11,17,20H,3,9H2,1-2H3. The fourth-order valence-corrected chi connectivity index (χ4v) is 2.67. The summed E-state index contributed by atoms with van der Waals surface area (Å²) in [5.41, 5.74) is 2.16. The zero-order valence-corrected chi connectivity index (χ0v) is 13.7. The van der Waals surface area contributed by atoms with Crippen LogP contribution in [-0.2, 0) is 0 Å². The molecule has 2 aromatic rings. The van der Waals surface area contributed by atoms with Gasteiger partial charge < -0.3 is 10.1 Å². The Kier molecular flexibility index (Phi) is 5.92. The van der Waals surface area contributed by atoms with Crippen molar-refractivity contribution < 1.29 is 4.74 Å². The molecule has 1 unspecified atom stereocenters. The molecule has 0 aliphatic rings. The average molecular weight is 324 g/mol. The topological polar surface area (TPSA) is 21.3 Å². The van der Waals surface area contributed by atoms with Crippen molar-refractivity contribution in [3.63, 3.8) is 0 Å². The number of hydrogen-bond donors (Lipinski definition) is 1. The Morgan fingerprint density at radius 2 is 1.86 bits per heavy atom. The lowest BCUT2D eigenvalue weighted by molar-refractivity contribution is 0.404. The van der Waals surface area contributed by atoms with Crippen LogP contribution in [0.1, 0.15) is 30.5 Å². The van der Waals surface area contributed by atoms with E-state index in [2.05, 4.69) is 18.3 Å². The number of ether oxygens (including phenoxy) is 1. The van der Waals surface area contributed by atoms with E-state index in [9.17, 15) is 0 Å². The van der Waals surface area contributed by atoms with Gasteiger partial charge in [0.2, 0.25) is 0 Å². The monoisotopic (exact) mass is 323 g/mol. The molecule has 0 aromatic heterocycles. The van der Waals surface area contributed by atoms with E-state index in [0.29, 0.717) is 5.02 Å². The van der Waals surface area contributed by atoms with Crippen LogP contribution in [0.5, 0.6) is 5.75 Å². The zero-order valence-electron chi connectivity index (χ0n) is 12.2. The first-order valence-corrected chi connectivity index (χ1v) is 7.73. The van der Waals surface area contributed by atoms with Gasteiger partial charge in [-0.3, -0.25) is 0 Å². The van der Waals surface area contributed by atoms with Crippen molar-refractivity contribution in [1.29, 1.82) is 0 Å². The van der Waals surface area contributed by atoms with Crippen LogP contribution < -0.4 is 10.1 Å². The smallest absolute Gasteiger partial charge is 0.125 e. The average Bonchev–Trinajstić information content (AvgIpc) is 2.49. The minimum absolute atomic E-state index is 0.0240. The highest BCUT2D eigenvalue weighted by molar-refractivity contribution is 6.31. The molecule has 0 radical (unpaired) electrons. The molecule has 0 fully saturated rings. The number of halogens is 2. The third-order valence-corrected chi connectivity index (χ3v) is 3.76. The number of benzene rings is 2. The zero-order chi connectivity index (χ0) is 15.2. The molecule has 21 heavy (non-hydrogen) atoms. The lowest BCUT2D eigenvalue weighted by Crippen LogP contribution is -2.23. The molecule has 0 saturated carbocycles. The Morgan fingerprint density at radius 1 is 1.10 bits per heavy atom. The molecule has 2 aromatic carbocycles. The predicted octanol–water partition coefficient (Wildman–Crippen LogP) is 5.09. The molecule has 0 aliphatic carbocycles. The van der Waals surface area contributed by atoms with E-state index in [-0.39, 0.29) is 6.04 Å². The molecule has 0 spiro atoms. The third-order valence-electron chi connectivity index (χ3n) is 3.29. The van der Waals surface area contributed by atoms with Gasteiger partial charge >= 0.3 is 0 Å². The van der Waals surface area contributed by atoms with Crippen LogP contribution in [-0.4, -0.2) is 13.7 Å². The van der Waals surface area contributed by atoms with Crippen LogP contribution in [0, 0.1) is 0 Å². The Labute approximate surface area is 136 Å². The fraction of sp³-hybridized carbons (Fsp3) is 0.294. The van der Waals surface area contributed by atoms with E-state index in [1.807, 2.05) is 36.4 Å². The summed E-state index contributed by atoms with van der Waals surface area (Å²) in [7, 11) is 1.66. The van der Waals surface area contributed by atoms with Crippen LogP contribution in [0.15, 0.2) is 42.5 Å². The molecule has 2 nitrogen and oxygen atoms in total. The largest absolute Gasteiger partial charge is 0.496 e. The fourth-order valence-electron chi connectivity index (χ4n) is 2.31. The van der Waals surface area contributed by atoms with Gasteiger partial charge in [-0.25, -0.2) is 0 Å². The number of methoxy groups -OCH3 is 1. The maximum atomic E-state index is 6.13. The van der Waals surface area contributed by atoms with Crippen LogP contribution in [0.4, 0.5) is 0 Å². The van der Waals surface area contributed by atoms with E-state index in [4.69, 9.17) is 27.9 Å². The first-order chi connectivity index (χ1) is 10.2. The highest BCUT2D eigenvalue weighted by Gasteiger charge is 2.18. The molecular weight excluding hydrogens is 305 g/mol. The Hall–Kier alpha value is -1.22. The Bertz CT molecular complexity index is 601. The summed E-state index contributed by atoms with van der Waals surface area (Å²) >= 11 is 12.2. The van der Waals surface area contributed by atoms with Crippen molar-refractivity contribution in [1.82, 2.24) is 5.32 Å². The summed E-state index contributed by atoms with van der Waals surface area (Å²) in [5, 5.41) is 4.93. The summed E-state index contributed by atoms with van der Waals surface area (Å²) in [6, 6.07) is 13.6. The van der Waals surface area contributed by atoms with Crippen molar-refractivity contribution >= 4 is 23.2 Å². The lowest BCUT2D eigenvalue weighted by atomic mass is 9.97. The van der Waals surface area contributed by atoms with Gasteiger partial charge in [-0.05, 0) is 42.8 Å². The van der Waals surface area contributed by atoms with Crippen LogP contribution in [0.25, 0.3) is 0 Å². The first kappa shape index (κ1) is 16.2. The summed E-state index contributed by atoms with van der Waals surface area (Å²) in [6.45, 7) is 3.05. The quantitative estimate of drug-likeness (QED) is 0.799. The molecule has 0 heterocycles.